The zero-order valence-corrected chi connectivity index (χ0v) is 13.1. The molecule has 0 bridgehead atoms. The standard InChI is InChI=1S/C16H23N5O2/c1-16(15(17)23,10-5-3-2-4-6-10)19-14(22)13-11-9-18-8-7-12(11)20-21-13/h2-6,11-13,18,20-21H,7-9H2,1H3,(H2,17,23)(H,19,22). The second kappa shape index (κ2) is 6.27. The van der Waals surface area contributed by atoms with E-state index in [-0.39, 0.29) is 17.9 Å². The molecule has 4 atom stereocenters. The van der Waals surface area contributed by atoms with Gasteiger partial charge in [-0.15, -0.1) is 0 Å². The topological polar surface area (TPSA) is 108 Å². The number of nitrogens with one attached hydrogen (secondary N) is 4. The van der Waals surface area contributed by atoms with Crippen molar-refractivity contribution >= 4 is 11.8 Å². The van der Waals surface area contributed by atoms with Crippen LogP contribution in [0.15, 0.2) is 30.3 Å². The summed E-state index contributed by atoms with van der Waals surface area (Å²) in [5.74, 6) is -0.656. The fourth-order valence-electron chi connectivity index (χ4n) is 3.35. The number of amides is 2. The van der Waals surface area contributed by atoms with Gasteiger partial charge in [-0.3, -0.25) is 15.0 Å². The van der Waals surface area contributed by atoms with Gasteiger partial charge in [0.1, 0.15) is 11.6 Å². The predicted molar refractivity (Wildman–Crippen MR) is 86.0 cm³/mol. The third kappa shape index (κ3) is 2.95. The molecule has 2 aliphatic heterocycles. The van der Waals surface area contributed by atoms with E-state index in [1.165, 1.54) is 0 Å². The number of primary amides is 1. The second-order valence-corrected chi connectivity index (χ2v) is 6.37. The molecule has 1 aromatic rings. The van der Waals surface area contributed by atoms with Crippen LogP contribution in [0.25, 0.3) is 0 Å². The molecule has 6 N–H and O–H groups in total. The average Bonchev–Trinajstić information content (AvgIpc) is 2.99. The molecule has 2 aliphatic rings. The van der Waals surface area contributed by atoms with Gasteiger partial charge in [-0.2, -0.15) is 0 Å². The summed E-state index contributed by atoms with van der Waals surface area (Å²) in [5.41, 5.74) is 11.2. The highest BCUT2D eigenvalue weighted by Gasteiger charge is 2.44. The highest BCUT2D eigenvalue weighted by molar-refractivity contribution is 5.93. The number of rotatable bonds is 4. The van der Waals surface area contributed by atoms with E-state index in [0.29, 0.717) is 5.56 Å². The van der Waals surface area contributed by atoms with E-state index in [1.54, 1.807) is 19.1 Å². The highest BCUT2D eigenvalue weighted by Crippen LogP contribution is 2.24. The molecule has 2 amide bonds. The number of hydrogen-bond donors (Lipinski definition) is 5. The fraction of sp³-hybridized carbons (Fsp3) is 0.500. The van der Waals surface area contributed by atoms with Crippen LogP contribution in [-0.2, 0) is 15.1 Å². The van der Waals surface area contributed by atoms with Crippen LogP contribution in [0.4, 0.5) is 0 Å². The third-order valence-corrected chi connectivity index (χ3v) is 4.88. The Morgan fingerprint density at radius 3 is 2.70 bits per heavy atom. The van der Waals surface area contributed by atoms with Crippen LogP contribution in [0.1, 0.15) is 18.9 Å². The Morgan fingerprint density at radius 2 is 2.00 bits per heavy atom. The van der Waals surface area contributed by atoms with E-state index in [1.807, 2.05) is 18.2 Å². The first kappa shape index (κ1) is 15.9. The van der Waals surface area contributed by atoms with Crippen molar-refractivity contribution in [3.05, 3.63) is 35.9 Å². The van der Waals surface area contributed by atoms with Gasteiger partial charge in [0.05, 0.1) is 0 Å². The van der Waals surface area contributed by atoms with Crippen LogP contribution in [0.2, 0.25) is 0 Å². The van der Waals surface area contributed by atoms with Gasteiger partial charge in [0.25, 0.3) is 0 Å². The summed E-state index contributed by atoms with van der Waals surface area (Å²) in [6, 6.07) is 8.94. The Hall–Kier alpha value is -1.96. The fourth-order valence-corrected chi connectivity index (χ4v) is 3.35. The molecule has 1 aromatic carbocycles. The van der Waals surface area contributed by atoms with Crippen molar-refractivity contribution in [2.45, 2.75) is 31.0 Å². The lowest BCUT2D eigenvalue weighted by atomic mass is 9.87. The smallest absolute Gasteiger partial charge is 0.247 e. The van der Waals surface area contributed by atoms with Crippen molar-refractivity contribution < 1.29 is 9.59 Å². The van der Waals surface area contributed by atoms with Crippen molar-refractivity contribution in [3.8, 4) is 0 Å². The summed E-state index contributed by atoms with van der Waals surface area (Å²) in [5, 5.41) is 6.15. The third-order valence-electron chi connectivity index (χ3n) is 4.88. The van der Waals surface area contributed by atoms with Gasteiger partial charge in [0.2, 0.25) is 11.8 Å². The lowest BCUT2D eigenvalue weighted by Crippen LogP contribution is -2.58. The lowest BCUT2D eigenvalue weighted by molar-refractivity contribution is -0.132. The number of carbonyl (C=O) groups is 2. The molecule has 7 nitrogen and oxygen atoms in total. The maximum Gasteiger partial charge on any atom is 0.247 e. The largest absolute Gasteiger partial charge is 0.367 e. The van der Waals surface area contributed by atoms with E-state index in [0.717, 1.165) is 19.5 Å². The minimum absolute atomic E-state index is 0.150. The second-order valence-electron chi connectivity index (χ2n) is 6.37. The van der Waals surface area contributed by atoms with E-state index in [2.05, 4.69) is 21.5 Å². The summed E-state index contributed by atoms with van der Waals surface area (Å²) in [6.07, 6.45) is 0.965. The van der Waals surface area contributed by atoms with Crippen molar-refractivity contribution in [2.75, 3.05) is 13.1 Å². The molecule has 0 aliphatic carbocycles. The van der Waals surface area contributed by atoms with Crippen molar-refractivity contribution in [1.29, 1.82) is 0 Å². The highest BCUT2D eigenvalue weighted by atomic mass is 16.2. The molecule has 124 valence electrons. The Morgan fingerprint density at radius 1 is 1.26 bits per heavy atom. The molecular formula is C16H23N5O2. The van der Waals surface area contributed by atoms with Crippen LogP contribution in [-0.4, -0.2) is 37.0 Å². The van der Waals surface area contributed by atoms with Crippen LogP contribution in [0.3, 0.4) is 0 Å². The molecule has 0 spiro atoms. The molecule has 4 unspecified atom stereocenters. The Labute approximate surface area is 135 Å². The number of hydrogen-bond acceptors (Lipinski definition) is 5. The Balaban J connectivity index is 1.78. The lowest BCUT2D eigenvalue weighted by Gasteiger charge is -2.32. The monoisotopic (exact) mass is 317 g/mol. The maximum atomic E-state index is 12.7. The Kier molecular flexibility index (Phi) is 4.34. The van der Waals surface area contributed by atoms with E-state index in [4.69, 9.17) is 5.73 Å². The van der Waals surface area contributed by atoms with E-state index < -0.39 is 17.5 Å². The van der Waals surface area contributed by atoms with E-state index >= 15 is 0 Å². The summed E-state index contributed by atoms with van der Waals surface area (Å²) in [6.45, 7) is 3.34. The van der Waals surface area contributed by atoms with Crippen molar-refractivity contribution in [1.82, 2.24) is 21.5 Å². The van der Waals surface area contributed by atoms with E-state index in [9.17, 15) is 9.59 Å². The van der Waals surface area contributed by atoms with Gasteiger partial charge < -0.3 is 16.4 Å². The predicted octanol–water partition coefficient (Wildman–Crippen LogP) is -1.04. The zero-order valence-electron chi connectivity index (χ0n) is 13.1. The summed E-state index contributed by atoms with van der Waals surface area (Å²) < 4.78 is 0. The maximum absolute atomic E-state index is 12.7. The molecule has 7 heteroatoms. The summed E-state index contributed by atoms with van der Waals surface area (Å²) in [4.78, 5) is 24.8. The SMILES string of the molecule is CC(NC(=O)C1NNC2CCNCC21)(C(N)=O)c1ccccc1. The van der Waals surface area contributed by atoms with Crippen LogP contribution in [0, 0.1) is 5.92 Å². The molecule has 0 aromatic heterocycles. The molecular weight excluding hydrogens is 294 g/mol. The normalized spacial score (nSPS) is 29.3. The van der Waals surface area contributed by atoms with Gasteiger partial charge in [-0.25, -0.2) is 5.43 Å². The molecule has 0 radical (unpaired) electrons. The van der Waals surface area contributed by atoms with Crippen molar-refractivity contribution in [2.24, 2.45) is 11.7 Å². The molecule has 23 heavy (non-hydrogen) atoms. The Bertz CT molecular complexity index is 593. The van der Waals surface area contributed by atoms with Gasteiger partial charge in [0.15, 0.2) is 0 Å². The van der Waals surface area contributed by atoms with Gasteiger partial charge >= 0.3 is 0 Å². The number of nitrogens with two attached hydrogens (primary N) is 1. The molecule has 2 fully saturated rings. The van der Waals surface area contributed by atoms with Gasteiger partial charge in [0, 0.05) is 18.5 Å². The summed E-state index contributed by atoms with van der Waals surface area (Å²) >= 11 is 0. The van der Waals surface area contributed by atoms with Gasteiger partial charge in [-0.05, 0) is 25.5 Å². The minimum Gasteiger partial charge on any atom is -0.367 e. The number of benzene rings is 1. The molecule has 3 rings (SSSR count). The number of hydrazine groups is 1. The zero-order chi connectivity index (χ0) is 16.4. The first-order chi connectivity index (χ1) is 11.0. The van der Waals surface area contributed by atoms with Crippen molar-refractivity contribution in [3.63, 3.8) is 0 Å². The van der Waals surface area contributed by atoms with Crippen LogP contribution >= 0.6 is 0 Å². The molecule has 0 saturated carbocycles. The molecule has 2 heterocycles. The van der Waals surface area contributed by atoms with Crippen LogP contribution < -0.4 is 27.2 Å². The first-order valence-corrected chi connectivity index (χ1v) is 7.91. The number of fused-ring (bicyclic) bond motifs is 1. The summed E-state index contributed by atoms with van der Waals surface area (Å²) in [7, 11) is 0. The quantitative estimate of drug-likeness (QED) is 0.487. The molecule has 2 saturated heterocycles. The minimum atomic E-state index is -1.24. The number of carbonyl (C=O) groups excluding carboxylic acids is 2. The first-order valence-electron chi connectivity index (χ1n) is 7.91. The van der Waals surface area contributed by atoms with Crippen LogP contribution in [0.5, 0.6) is 0 Å². The average molecular weight is 317 g/mol. The number of piperidine rings is 1. The van der Waals surface area contributed by atoms with Gasteiger partial charge in [-0.1, -0.05) is 30.3 Å².